The number of Topliss-reactive ketones (excluding diaryl/α,β-unsaturated/α-hetero) is 2. The van der Waals surface area contributed by atoms with E-state index in [2.05, 4.69) is 21.8 Å². The number of halogens is 2. The summed E-state index contributed by atoms with van der Waals surface area (Å²) in [6.45, 7) is 2.33. The largest absolute Gasteiger partial charge is 0.385 e. The van der Waals surface area contributed by atoms with Crippen molar-refractivity contribution in [1.82, 2.24) is 19.3 Å². The van der Waals surface area contributed by atoms with Crippen molar-refractivity contribution < 1.29 is 23.1 Å². The number of hydrogen-bond donors (Lipinski definition) is 0. The summed E-state index contributed by atoms with van der Waals surface area (Å²) in [7, 11) is 3.30. The third-order valence-corrected chi connectivity index (χ3v) is 8.23. The monoisotopic (exact) mass is 650 g/mol. The van der Waals surface area contributed by atoms with Crippen LogP contribution in [0.1, 0.15) is 81.0 Å². The highest BCUT2D eigenvalue weighted by Crippen LogP contribution is 2.17. The molecule has 5 aromatic rings. The molecule has 10 heteroatoms. The van der Waals surface area contributed by atoms with Crippen molar-refractivity contribution >= 4 is 22.5 Å². The van der Waals surface area contributed by atoms with Gasteiger partial charge in [0.2, 0.25) is 0 Å². The summed E-state index contributed by atoms with van der Waals surface area (Å²) in [5.74, 6) is 4.59. The van der Waals surface area contributed by atoms with E-state index >= 15 is 0 Å². The molecule has 0 spiro atoms. The van der Waals surface area contributed by atoms with E-state index < -0.39 is 17.2 Å². The molecular weight excluding hydrogens is 614 g/mol. The molecule has 0 saturated heterocycles. The number of aromatic nitrogens is 4. The number of carbonyl (C=O) groups excluding carboxylic acids is 2. The van der Waals surface area contributed by atoms with Crippen LogP contribution in [0.5, 0.6) is 0 Å². The summed E-state index contributed by atoms with van der Waals surface area (Å²) in [6.07, 6.45) is 4.77. The number of ether oxygens (including phenoxy) is 1. The van der Waals surface area contributed by atoms with Crippen LogP contribution in [0.2, 0.25) is 0 Å². The Morgan fingerprint density at radius 1 is 0.917 bits per heavy atom. The zero-order valence-electron chi connectivity index (χ0n) is 27.2. The number of unbranched alkanes of at least 4 members (excludes halogenated alkanes) is 1. The van der Waals surface area contributed by atoms with E-state index in [-0.39, 0.29) is 36.5 Å². The number of ketones is 2. The Morgan fingerprint density at radius 2 is 1.69 bits per heavy atom. The minimum atomic E-state index is -0.997. The van der Waals surface area contributed by atoms with E-state index in [1.54, 1.807) is 32.0 Å². The lowest BCUT2D eigenvalue weighted by Gasteiger charge is -2.08. The van der Waals surface area contributed by atoms with E-state index in [0.717, 1.165) is 47.0 Å². The molecule has 0 fully saturated rings. The van der Waals surface area contributed by atoms with Crippen LogP contribution in [0.3, 0.4) is 0 Å². The first-order valence-electron chi connectivity index (χ1n) is 15.7. The Hall–Kier alpha value is -5.27. The molecule has 246 valence electrons. The van der Waals surface area contributed by atoms with Gasteiger partial charge in [0.05, 0.1) is 12.1 Å². The van der Waals surface area contributed by atoms with Crippen LogP contribution in [0.15, 0.2) is 71.7 Å². The smallest absolute Gasteiger partial charge is 0.278 e. The van der Waals surface area contributed by atoms with Gasteiger partial charge in [-0.1, -0.05) is 42.2 Å². The standard InChI is InChI=1S/C38H36F2N4O4/c1-25-37(38(47)44(43(25)2)24-28-13-17-31(39)32(40)21-28)35(46)10-5-4-8-26-14-18-33-30(20-26)23-41-36(42-33)22-27-11-15-29(16-12-27)34(45)9-6-7-19-48-3/h11-18,20-21,23H,5-7,9-10,19,22,24H2,1-3H3. The van der Waals surface area contributed by atoms with Crippen LogP contribution in [0, 0.1) is 30.4 Å². The maximum atomic E-state index is 13.7. The number of rotatable bonds is 13. The molecule has 0 N–H and O–H groups in total. The number of hydrogen-bond acceptors (Lipinski definition) is 6. The zero-order chi connectivity index (χ0) is 34.2. The van der Waals surface area contributed by atoms with E-state index in [9.17, 15) is 23.2 Å². The Balaban J connectivity index is 1.18. The first kappa shape index (κ1) is 34.1. The number of nitrogens with zero attached hydrogens (tertiary/aromatic N) is 4. The normalized spacial score (nSPS) is 11.0. The van der Waals surface area contributed by atoms with Crippen molar-refractivity contribution in [3.8, 4) is 11.8 Å². The summed E-state index contributed by atoms with van der Waals surface area (Å²) >= 11 is 0. The highest BCUT2D eigenvalue weighted by Gasteiger charge is 2.21. The zero-order valence-corrected chi connectivity index (χ0v) is 27.2. The fourth-order valence-corrected chi connectivity index (χ4v) is 5.44. The molecule has 0 unspecified atom stereocenters. The van der Waals surface area contributed by atoms with Crippen LogP contribution >= 0.6 is 0 Å². The topological polar surface area (TPSA) is 96.1 Å². The maximum absolute atomic E-state index is 13.7. The molecular formula is C38H36F2N4O4. The predicted molar refractivity (Wildman–Crippen MR) is 179 cm³/mol. The van der Waals surface area contributed by atoms with Gasteiger partial charge in [-0.3, -0.25) is 19.1 Å². The van der Waals surface area contributed by atoms with Gasteiger partial charge in [-0.2, -0.15) is 0 Å². The quantitative estimate of drug-likeness (QED) is 0.0835. The fourth-order valence-electron chi connectivity index (χ4n) is 5.44. The number of fused-ring (bicyclic) bond motifs is 1. The second kappa shape index (κ2) is 15.5. The van der Waals surface area contributed by atoms with Crippen LogP contribution in [-0.2, 0) is 24.8 Å². The number of benzene rings is 3. The van der Waals surface area contributed by atoms with E-state index in [4.69, 9.17) is 4.74 Å². The summed E-state index contributed by atoms with van der Waals surface area (Å²) in [6, 6.07) is 16.7. The molecule has 0 atom stereocenters. The SMILES string of the molecule is COCCCCC(=O)c1ccc(Cc2ncc3cc(C#CCCC(=O)c4c(C)n(C)n(Cc5ccc(F)c(F)c5)c4=O)ccc3n2)cc1. The van der Waals surface area contributed by atoms with Gasteiger partial charge in [-0.15, -0.1) is 0 Å². The third kappa shape index (κ3) is 8.17. The highest BCUT2D eigenvalue weighted by atomic mass is 19.2. The number of methoxy groups -OCH3 is 1. The lowest BCUT2D eigenvalue weighted by atomic mass is 10.0. The summed E-state index contributed by atoms with van der Waals surface area (Å²) < 4.78 is 34.9. The van der Waals surface area contributed by atoms with Crippen molar-refractivity contribution in [3.05, 3.63) is 128 Å². The summed E-state index contributed by atoms with van der Waals surface area (Å²) in [5, 5.41) is 0.831. The Morgan fingerprint density at radius 3 is 2.44 bits per heavy atom. The van der Waals surface area contributed by atoms with Crippen LogP contribution < -0.4 is 5.56 Å². The van der Waals surface area contributed by atoms with E-state index in [0.29, 0.717) is 42.1 Å². The van der Waals surface area contributed by atoms with Gasteiger partial charge >= 0.3 is 0 Å². The molecule has 0 bridgehead atoms. The molecule has 3 aromatic carbocycles. The van der Waals surface area contributed by atoms with E-state index in [1.165, 1.54) is 10.7 Å². The molecule has 2 aromatic heterocycles. The van der Waals surface area contributed by atoms with Crippen molar-refractivity contribution in [1.29, 1.82) is 0 Å². The van der Waals surface area contributed by atoms with Gasteiger partial charge in [0, 0.05) is 74.9 Å². The predicted octanol–water partition coefficient (Wildman–Crippen LogP) is 6.37. The minimum absolute atomic E-state index is 0.000777. The van der Waals surface area contributed by atoms with Gasteiger partial charge in [0.25, 0.3) is 5.56 Å². The number of carbonyl (C=O) groups is 2. The van der Waals surface area contributed by atoms with Gasteiger partial charge in [0.1, 0.15) is 11.4 Å². The van der Waals surface area contributed by atoms with Crippen molar-refractivity contribution in [2.45, 2.75) is 52.0 Å². The molecule has 0 aliphatic heterocycles. The second-order valence-electron chi connectivity index (χ2n) is 11.6. The molecule has 0 amide bonds. The lowest BCUT2D eigenvalue weighted by molar-refractivity contribution is 0.0969. The Bertz CT molecular complexity index is 2090. The van der Waals surface area contributed by atoms with Gasteiger partial charge in [0.15, 0.2) is 23.2 Å². The van der Waals surface area contributed by atoms with Crippen molar-refractivity contribution in [2.24, 2.45) is 7.05 Å². The molecule has 0 aliphatic rings. The van der Waals surface area contributed by atoms with E-state index in [1.807, 2.05) is 42.5 Å². The highest BCUT2D eigenvalue weighted by molar-refractivity contribution is 5.97. The molecule has 0 aliphatic carbocycles. The first-order chi connectivity index (χ1) is 23.1. The van der Waals surface area contributed by atoms with Gasteiger partial charge in [-0.05, 0) is 61.2 Å². The van der Waals surface area contributed by atoms with Crippen LogP contribution in [-0.4, -0.2) is 44.6 Å². The van der Waals surface area contributed by atoms with Gasteiger partial charge < -0.3 is 4.74 Å². The second-order valence-corrected chi connectivity index (χ2v) is 11.6. The summed E-state index contributed by atoms with van der Waals surface area (Å²) in [4.78, 5) is 47.7. The average Bonchev–Trinajstić information content (AvgIpc) is 3.29. The van der Waals surface area contributed by atoms with Gasteiger partial charge in [-0.25, -0.2) is 23.4 Å². The maximum Gasteiger partial charge on any atom is 0.278 e. The third-order valence-electron chi connectivity index (χ3n) is 8.23. The molecule has 8 nitrogen and oxygen atoms in total. The minimum Gasteiger partial charge on any atom is -0.385 e. The van der Waals surface area contributed by atoms with Crippen molar-refractivity contribution in [2.75, 3.05) is 13.7 Å². The molecule has 0 saturated carbocycles. The molecule has 2 heterocycles. The van der Waals surface area contributed by atoms with Crippen LogP contribution in [0.25, 0.3) is 10.9 Å². The lowest BCUT2D eigenvalue weighted by Crippen LogP contribution is -2.25. The Labute approximate surface area is 277 Å². The average molecular weight is 651 g/mol. The Kier molecular flexibility index (Phi) is 11.0. The fraction of sp³-hybridized carbons (Fsp3) is 0.289. The molecule has 0 radical (unpaired) electrons. The molecule has 48 heavy (non-hydrogen) atoms. The molecule has 5 rings (SSSR count). The first-order valence-corrected chi connectivity index (χ1v) is 15.7. The summed E-state index contributed by atoms with van der Waals surface area (Å²) in [5.41, 5.74) is 3.72. The van der Waals surface area contributed by atoms with Crippen LogP contribution in [0.4, 0.5) is 8.78 Å². The van der Waals surface area contributed by atoms with Crippen molar-refractivity contribution in [3.63, 3.8) is 0 Å².